The fourth-order valence-electron chi connectivity index (χ4n) is 3.03. The van der Waals surface area contributed by atoms with Crippen molar-refractivity contribution in [2.45, 2.75) is 54.6 Å². The molecule has 7 nitrogen and oxygen atoms in total. The predicted molar refractivity (Wildman–Crippen MR) is 155 cm³/mol. The molecule has 0 spiro atoms. The summed E-state index contributed by atoms with van der Waals surface area (Å²) in [6, 6.07) is 19.6. The fraction of sp³-hybridized carbons (Fsp3) is 0.333. The molecule has 0 radical (unpaired) electrons. The molecule has 0 unspecified atom stereocenters. The van der Waals surface area contributed by atoms with Gasteiger partial charge >= 0.3 is 0 Å². The highest BCUT2D eigenvalue weighted by Crippen LogP contribution is 2.22. The molecule has 7 heteroatoms. The fourth-order valence-corrected chi connectivity index (χ4v) is 3.03. The summed E-state index contributed by atoms with van der Waals surface area (Å²) >= 11 is 0. The third kappa shape index (κ3) is 11.1. The third-order valence-corrected chi connectivity index (χ3v) is 4.89. The number of hydrazone groups is 1. The van der Waals surface area contributed by atoms with Crippen LogP contribution in [0.2, 0.25) is 0 Å². The zero-order valence-corrected chi connectivity index (χ0v) is 23.0. The Morgan fingerprint density at radius 2 is 1.62 bits per heavy atom. The Labute approximate surface area is 221 Å². The van der Waals surface area contributed by atoms with Crippen LogP contribution in [0.4, 0.5) is 0 Å². The van der Waals surface area contributed by atoms with E-state index in [1.165, 1.54) is 0 Å². The lowest BCUT2D eigenvalue weighted by molar-refractivity contribution is 0.247. The average Bonchev–Trinajstić information content (AvgIpc) is 2.97. The second-order valence-electron chi connectivity index (χ2n) is 7.28. The lowest BCUT2D eigenvalue weighted by atomic mass is 10.2. The molecule has 0 aliphatic rings. The lowest BCUT2D eigenvalue weighted by Crippen LogP contribution is -2.20. The van der Waals surface area contributed by atoms with Gasteiger partial charge < -0.3 is 25.8 Å². The van der Waals surface area contributed by atoms with Gasteiger partial charge in [0, 0.05) is 17.9 Å². The van der Waals surface area contributed by atoms with Gasteiger partial charge in [-0.05, 0) is 42.8 Å². The van der Waals surface area contributed by atoms with Gasteiger partial charge in [0.2, 0.25) is 0 Å². The first-order chi connectivity index (χ1) is 18.1. The van der Waals surface area contributed by atoms with E-state index in [0.29, 0.717) is 31.1 Å². The highest BCUT2D eigenvalue weighted by molar-refractivity contribution is 5.81. The molecule has 0 fully saturated rings. The summed E-state index contributed by atoms with van der Waals surface area (Å²) in [6.45, 7) is 12.9. The molecule has 4 N–H and O–H groups in total. The number of benzene rings is 2. The van der Waals surface area contributed by atoms with Gasteiger partial charge in [-0.3, -0.25) is 0 Å². The van der Waals surface area contributed by atoms with E-state index in [0.717, 1.165) is 27.9 Å². The largest absolute Gasteiger partial charge is 0.490 e. The second kappa shape index (κ2) is 18.3. The maximum absolute atomic E-state index is 5.97. The van der Waals surface area contributed by atoms with E-state index in [-0.39, 0.29) is 12.4 Å². The number of nitrogens with zero attached hydrogens (tertiary/aromatic N) is 2. The Balaban J connectivity index is 0.00000163. The molecule has 2 aromatic carbocycles. The molecule has 0 saturated carbocycles. The van der Waals surface area contributed by atoms with Crippen LogP contribution in [0.25, 0.3) is 10.9 Å². The molecule has 0 saturated heterocycles. The number of amidine groups is 1. The van der Waals surface area contributed by atoms with Gasteiger partial charge in [-0.2, -0.15) is 5.10 Å². The van der Waals surface area contributed by atoms with Gasteiger partial charge in [0.1, 0.15) is 31.3 Å². The van der Waals surface area contributed by atoms with Crippen molar-refractivity contribution in [2.75, 3.05) is 13.2 Å². The van der Waals surface area contributed by atoms with Crippen LogP contribution in [0.5, 0.6) is 11.5 Å². The Morgan fingerprint density at radius 1 is 0.919 bits per heavy atom. The van der Waals surface area contributed by atoms with Crippen molar-refractivity contribution in [1.82, 2.24) is 4.98 Å². The van der Waals surface area contributed by atoms with Crippen molar-refractivity contribution < 1.29 is 14.2 Å². The maximum Gasteiger partial charge on any atom is 0.157 e. The Morgan fingerprint density at radius 3 is 2.30 bits per heavy atom. The first kappa shape index (κ1) is 31.0. The Bertz CT molecular complexity index is 1160. The van der Waals surface area contributed by atoms with E-state index < -0.39 is 0 Å². The standard InChI is InChI=1S/C26H30N4O3.2C2H6/c1-3-19(14-22(4-2)33-18-26(27)30-28)16-31-23-9-7-10-24(15-23)32-17-21-13-12-20-8-5-6-11-25(20)29-21;2*1-2/h3,5-15H,4,16-18,28H2,1-2H3,(H2,27,30);2*1-2H3/b19-3+,22-14+;;. The zero-order valence-electron chi connectivity index (χ0n) is 23.0. The minimum atomic E-state index is 0.152. The number of hydrogen-bond acceptors (Lipinski definition) is 6. The molecule has 0 atom stereocenters. The molecular weight excluding hydrogens is 464 g/mol. The minimum Gasteiger partial charge on any atom is -0.490 e. The van der Waals surface area contributed by atoms with Gasteiger partial charge in [-0.25, -0.2) is 4.98 Å². The Kier molecular flexibility index (Phi) is 15.3. The van der Waals surface area contributed by atoms with Crippen molar-refractivity contribution >= 4 is 16.7 Å². The van der Waals surface area contributed by atoms with Crippen LogP contribution in [0.3, 0.4) is 0 Å². The van der Waals surface area contributed by atoms with Crippen molar-refractivity contribution in [3.8, 4) is 11.5 Å². The molecule has 200 valence electrons. The molecule has 3 rings (SSSR count). The number of nitrogens with two attached hydrogens (primary N) is 2. The first-order valence-electron chi connectivity index (χ1n) is 12.8. The summed E-state index contributed by atoms with van der Waals surface area (Å²) in [6.07, 6.45) is 4.63. The van der Waals surface area contributed by atoms with Crippen LogP contribution in [0.1, 0.15) is 53.7 Å². The SMILES string of the molecule is C/C=C(\C=C(/CC)OC/C(N)=N/N)COc1cccc(OCc2ccc3ccccc3n2)c1.CC.CC. The third-order valence-electron chi connectivity index (χ3n) is 4.89. The van der Waals surface area contributed by atoms with Gasteiger partial charge in [0.15, 0.2) is 5.84 Å². The summed E-state index contributed by atoms with van der Waals surface area (Å²) in [4.78, 5) is 4.65. The maximum atomic E-state index is 5.97. The van der Waals surface area contributed by atoms with Crippen LogP contribution in [-0.4, -0.2) is 24.0 Å². The van der Waals surface area contributed by atoms with E-state index >= 15 is 0 Å². The molecule has 0 aliphatic heterocycles. The summed E-state index contributed by atoms with van der Waals surface area (Å²) in [7, 11) is 0. The summed E-state index contributed by atoms with van der Waals surface area (Å²) in [5.41, 5.74) is 8.39. The molecule has 0 amide bonds. The van der Waals surface area contributed by atoms with Crippen molar-refractivity contribution in [1.29, 1.82) is 0 Å². The number of hydrogen-bond donors (Lipinski definition) is 2. The van der Waals surface area contributed by atoms with Crippen LogP contribution in [0, 0.1) is 0 Å². The van der Waals surface area contributed by atoms with E-state index in [9.17, 15) is 0 Å². The number of allylic oxidation sites excluding steroid dienone is 2. The van der Waals surface area contributed by atoms with Crippen LogP contribution >= 0.6 is 0 Å². The monoisotopic (exact) mass is 506 g/mol. The van der Waals surface area contributed by atoms with Crippen molar-refractivity contribution in [3.05, 3.63) is 89.8 Å². The number of para-hydroxylation sites is 1. The molecule has 1 aromatic heterocycles. The predicted octanol–water partition coefficient (Wildman–Crippen LogP) is 6.73. The second-order valence-corrected chi connectivity index (χ2v) is 7.28. The first-order valence-corrected chi connectivity index (χ1v) is 12.8. The molecular formula is C30H42N4O3. The molecule has 3 aromatic rings. The van der Waals surface area contributed by atoms with Gasteiger partial charge in [0.25, 0.3) is 0 Å². The number of pyridine rings is 1. The van der Waals surface area contributed by atoms with Crippen LogP contribution in [-0.2, 0) is 11.3 Å². The van der Waals surface area contributed by atoms with Gasteiger partial charge in [0.05, 0.1) is 17.0 Å². The quantitative estimate of drug-likeness (QED) is 0.0746. The van der Waals surface area contributed by atoms with E-state index in [4.69, 9.17) is 25.8 Å². The van der Waals surface area contributed by atoms with E-state index in [1.54, 1.807) is 0 Å². The van der Waals surface area contributed by atoms with Crippen molar-refractivity contribution in [2.24, 2.45) is 16.7 Å². The minimum absolute atomic E-state index is 0.152. The molecule has 37 heavy (non-hydrogen) atoms. The van der Waals surface area contributed by atoms with Crippen molar-refractivity contribution in [3.63, 3.8) is 0 Å². The normalized spacial score (nSPS) is 11.6. The highest BCUT2D eigenvalue weighted by Gasteiger charge is 2.04. The summed E-state index contributed by atoms with van der Waals surface area (Å²) in [5.74, 6) is 7.59. The number of fused-ring (bicyclic) bond motifs is 1. The molecule has 0 bridgehead atoms. The van der Waals surface area contributed by atoms with Crippen LogP contribution in [0.15, 0.2) is 89.2 Å². The zero-order chi connectivity index (χ0) is 27.5. The molecule has 1 heterocycles. The average molecular weight is 507 g/mol. The highest BCUT2D eigenvalue weighted by atomic mass is 16.5. The van der Waals surface area contributed by atoms with Gasteiger partial charge in [-0.1, -0.05) is 71.0 Å². The van der Waals surface area contributed by atoms with E-state index in [1.807, 2.05) is 108 Å². The number of rotatable bonds is 11. The van der Waals surface area contributed by atoms with Crippen LogP contribution < -0.4 is 21.1 Å². The summed E-state index contributed by atoms with van der Waals surface area (Å²) in [5, 5.41) is 4.52. The van der Waals surface area contributed by atoms with Gasteiger partial charge in [-0.15, -0.1) is 0 Å². The topological polar surface area (TPSA) is 105 Å². The number of aromatic nitrogens is 1. The number of ether oxygens (including phenoxy) is 3. The summed E-state index contributed by atoms with van der Waals surface area (Å²) < 4.78 is 17.6. The molecule has 0 aliphatic carbocycles. The smallest absolute Gasteiger partial charge is 0.157 e. The Hall–Kier alpha value is -4.00. The van der Waals surface area contributed by atoms with E-state index in [2.05, 4.69) is 16.2 Å². The lowest BCUT2D eigenvalue weighted by Gasteiger charge is -2.12.